The topological polar surface area (TPSA) is 58.6 Å². The largest absolute Gasteiger partial charge is 0.429 e. The Morgan fingerprint density at radius 3 is 2.50 bits per heavy atom. The summed E-state index contributed by atoms with van der Waals surface area (Å²) in [5.74, 6) is 0.598. The molecule has 2 rings (SSSR count). The predicted molar refractivity (Wildman–Crippen MR) is 77.8 cm³/mol. The van der Waals surface area contributed by atoms with E-state index in [0.717, 1.165) is 37.8 Å². The Labute approximate surface area is 120 Å². The zero-order chi connectivity index (χ0) is 14.4. The van der Waals surface area contributed by atoms with Crippen LogP contribution in [0.2, 0.25) is 0 Å². The van der Waals surface area contributed by atoms with Gasteiger partial charge in [-0.1, -0.05) is 31.4 Å². The fraction of sp³-hybridized carbons (Fsp3) is 0.562. The second-order valence-electron chi connectivity index (χ2n) is 5.56. The Hall–Kier alpha value is -1.39. The van der Waals surface area contributed by atoms with E-state index in [1.54, 1.807) is 12.1 Å². The minimum Gasteiger partial charge on any atom is -0.429 e. The van der Waals surface area contributed by atoms with E-state index in [1.807, 2.05) is 19.2 Å². The highest BCUT2D eigenvalue weighted by Crippen LogP contribution is 2.39. The highest BCUT2D eigenvalue weighted by molar-refractivity contribution is 5.45. The Kier molecular flexibility index (Phi) is 5.15. The molecule has 1 unspecified atom stereocenters. The highest BCUT2D eigenvalue weighted by atomic mass is 16.5. The van der Waals surface area contributed by atoms with Gasteiger partial charge in [-0.05, 0) is 37.6 Å². The molecular formula is C16H23NO3. The average molecular weight is 277 g/mol. The van der Waals surface area contributed by atoms with Crippen LogP contribution in [-0.2, 0) is 4.79 Å². The molecule has 1 saturated carbocycles. The number of carbonyl (C=O) groups excluding carboxylic acids is 1. The van der Waals surface area contributed by atoms with Gasteiger partial charge in [-0.3, -0.25) is 4.79 Å². The average Bonchev–Trinajstić information content (AvgIpc) is 2.47. The number of hydrogen-bond donors (Lipinski definition) is 2. The molecule has 0 radical (unpaired) electrons. The van der Waals surface area contributed by atoms with Crippen LogP contribution in [0.25, 0.3) is 0 Å². The first-order valence-electron chi connectivity index (χ1n) is 7.27. The Morgan fingerprint density at radius 1 is 1.30 bits per heavy atom. The third kappa shape index (κ3) is 3.38. The molecule has 0 bridgehead atoms. The summed E-state index contributed by atoms with van der Waals surface area (Å²) in [6.45, 7) is 1.17. The molecule has 1 aromatic rings. The van der Waals surface area contributed by atoms with Crippen molar-refractivity contribution in [2.24, 2.45) is 0 Å². The number of rotatable bonds is 6. The number of benzene rings is 1. The van der Waals surface area contributed by atoms with E-state index < -0.39 is 5.60 Å². The third-order valence-corrected chi connectivity index (χ3v) is 4.24. The molecule has 0 saturated heterocycles. The SMILES string of the molecule is CNCC(c1ccc(OC=O)cc1)C1(O)CCCCC1. The molecule has 2 N–H and O–H groups in total. The van der Waals surface area contributed by atoms with Gasteiger partial charge < -0.3 is 15.2 Å². The van der Waals surface area contributed by atoms with Crippen LogP contribution in [0.3, 0.4) is 0 Å². The van der Waals surface area contributed by atoms with E-state index in [-0.39, 0.29) is 5.92 Å². The fourth-order valence-electron chi connectivity index (χ4n) is 3.17. The lowest BCUT2D eigenvalue weighted by molar-refractivity contribution is -0.120. The standard InChI is InChI=1S/C16H23NO3/c1-17-11-15(16(19)9-3-2-4-10-16)13-5-7-14(8-6-13)20-12-18/h5-8,12,15,17,19H,2-4,9-11H2,1H3. The van der Waals surface area contributed by atoms with Crippen molar-refractivity contribution < 1.29 is 14.6 Å². The molecule has 0 aromatic heterocycles. The maximum absolute atomic E-state index is 11.0. The molecule has 1 fully saturated rings. The maximum atomic E-state index is 11.0. The molecule has 0 aliphatic heterocycles. The lowest BCUT2D eigenvalue weighted by atomic mass is 9.73. The lowest BCUT2D eigenvalue weighted by Crippen LogP contribution is -2.42. The van der Waals surface area contributed by atoms with E-state index in [1.165, 1.54) is 6.42 Å². The lowest BCUT2D eigenvalue weighted by Gasteiger charge is -2.39. The molecule has 4 heteroatoms. The van der Waals surface area contributed by atoms with Gasteiger partial charge in [0.15, 0.2) is 0 Å². The minimum atomic E-state index is -0.631. The predicted octanol–water partition coefficient (Wildman–Crippen LogP) is 2.22. The first-order valence-corrected chi connectivity index (χ1v) is 7.27. The summed E-state index contributed by atoms with van der Waals surface area (Å²) < 4.78 is 4.81. The van der Waals surface area contributed by atoms with Gasteiger partial charge in [0.1, 0.15) is 5.75 Å². The number of nitrogens with one attached hydrogen (secondary N) is 1. The molecule has 20 heavy (non-hydrogen) atoms. The molecule has 0 heterocycles. The summed E-state index contributed by atoms with van der Waals surface area (Å²) in [5.41, 5.74) is 0.455. The van der Waals surface area contributed by atoms with Crippen molar-refractivity contribution in [1.29, 1.82) is 0 Å². The number of likely N-dealkylation sites (N-methyl/N-ethyl adjacent to an activating group) is 1. The van der Waals surface area contributed by atoms with Gasteiger partial charge in [-0.25, -0.2) is 0 Å². The van der Waals surface area contributed by atoms with Crippen molar-refractivity contribution in [2.75, 3.05) is 13.6 Å². The second kappa shape index (κ2) is 6.86. The van der Waals surface area contributed by atoms with Crippen molar-refractivity contribution >= 4 is 6.47 Å². The van der Waals surface area contributed by atoms with E-state index in [9.17, 15) is 9.90 Å². The summed E-state index contributed by atoms with van der Waals surface area (Å²) in [6, 6.07) is 7.43. The summed E-state index contributed by atoms with van der Waals surface area (Å²) in [5, 5.41) is 14.1. The van der Waals surface area contributed by atoms with E-state index in [4.69, 9.17) is 4.74 Å². The van der Waals surface area contributed by atoms with E-state index in [2.05, 4.69) is 5.32 Å². The number of carbonyl (C=O) groups is 1. The molecule has 0 amide bonds. The maximum Gasteiger partial charge on any atom is 0.298 e. The van der Waals surface area contributed by atoms with Gasteiger partial charge >= 0.3 is 0 Å². The van der Waals surface area contributed by atoms with Crippen LogP contribution in [0.4, 0.5) is 0 Å². The molecule has 4 nitrogen and oxygen atoms in total. The fourth-order valence-corrected chi connectivity index (χ4v) is 3.17. The van der Waals surface area contributed by atoms with E-state index >= 15 is 0 Å². The van der Waals surface area contributed by atoms with Crippen molar-refractivity contribution in [1.82, 2.24) is 5.32 Å². The summed E-state index contributed by atoms with van der Waals surface area (Å²) in [6.07, 6.45) is 5.09. The zero-order valence-electron chi connectivity index (χ0n) is 12.0. The highest BCUT2D eigenvalue weighted by Gasteiger charge is 2.38. The van der Waals surface area contributed by atoms with Gasteiger partial charge in [-0.15, -0.1) is 0 Å². The number of ether oxygens (including phenoxy) is 1. The molecule has 1 atom stereocenters. The van der Waals surface area contributed by atoms with Gasteiger partial charge in [0.05, 0.1) is 5.60 Å². The molecule has 1 aliphatic carbocycles. The van der Waals surface area contributed by atoms with Crippen molar-refractivity contribution in [3.05, 3.63) is 29.8 Å². The molecule has 1 aromatic carbocycles. The van der Waals surface area contributed by atoms with Crippen LogP contribution in [0.5, 0.6) is 5.75 Å². The molecule has 110 valence electrons. The van der Waals surface area contributed by atoms with Crippen LogP contribution in [0, 0.1) is 0 Å². The molecule has 1 aliphatic rings. The van der Waals surface area contributed by atoms with Crippen LogP contribution < -0.4 is 10.1 Å². The summed E-state index contributed by atoms with van der Waals surface area (Å²) >= 11 is 0. The van der Waals surface area contributed by atoms with Gasteiger partial charge in [-0.2, -0.15) is 0 Å². The quantitative estimate of drug-likeness (QED) is 0.783. The smallest absolute Gasteiger partial charge is 0.298 e. The van der Waals surface area contributed by atoms with Crippen molar-refractivity contribution in [2.45, 2.75) is 43.6 Å². The van der Waals surface area contributed by atoms with Gasteiger partial charge in [0.2, 0.25) is 0 Å². The molecule has 0 spiro atoms. The first-order chi connectivity index (χ1) is 9.69. The summed E-state index contributed by atoms with van der Waals surface area (Å²) in [4.78, 5) is 10.3. The Balaban J connectivity index is 2.20. The number of aliphatic hydroxyl groups is 1. The Bertz CT molecular complexity index is 424. The van der Waals surface area contributed by atoms with Crippen LogP contribution in [0.1, 0.15) is 43.6 Å². The zero-order valence-corrected chi connectivity index (χ0v) is 12.0. The molecular weight excluding hydrogens is 254 g/mol. The van der Waals surface area contributed by atoms with Gasteiger partial charge in [0.25, 0.3) is 6.47 Å². The van der Waals surface area contributed by atoms with Crippen LogP contribution in [-0.4, -0.2) is 30.8 Å². The van der Waals surface area contributed by atoms with Gasteiger partial charge in [0, 0.05) is 12.5 Å². The first kappa shape index (κ1) is 15.0. The van der Waals surface area contributed by atoms with Crippen molar-refractivity contribution in [3.63, 3.8) is 0 Å². The normalized spacial score (nSPS) is 19.3. The monoisotopic (exact) mass is 277 g/mol. The summed E-state index contributed by atoms with van der Waals surface area (Å²) in [7, 11) is 1.91. The van der Waals surface area contributed by atoms with Crippen LogP contribution in [0.15, 0.2) is 24.3 Å². The Morgan fingerprint density at radius 2 is 1.95 bits per heavy atom. The second-order valence-corrected chi connectivity index (χ2v) is 5.56. The number of hydrogen-bond acceptors (Lipinski definition) is 4. The van der Waals surface area contributed by atoms with Crippen LogP contribution >= 0.6 is 0 Å². The minimum absolute atomic E-state index is 0.0677. The third-order valence-electron chi connectivity index (χ3n) is 4.24. The van der Waals surface area contributed by atoms with E-state index in [0.29, 0.717) is 12.2 Å². The van der Waals surface area contributed by atoms with Crippen molar-refractivity contribution in [3.8, 4) is 5.75 Å².